The third-order valence-corrected chi connectivity index (χ3v) is 6.67. The van der Waals surface area contributed by atoms with Crippen LogP contribution in [-0.4, -0.2) is 57.5 Å². The van der Waals surface area contributed by atoms with Crippen molar-refractivity contribution in [2.75, 3.05) is 36.1 Å². The van der Waals surface area contributed by atoms with E-state index in [1.807, 2.05) is 38.3 Å². The number of fused-ring (bicyclic) bond motifs is 1. The second-order valence-corrected chi connectivity index (χ2v) is 9.33. The number of nitrogens with zero attached hydrogens (tertiary/aromatic N) is 5. The molecule has 1 aromatic carbocycles. The molecule has 2 amide bonds. The van der Waals surface area contributed by atoms with E-state index in [-0.39, 0.29) is 24.2 Å². The number of carbonyl (C=O) groups is 2. The number of amides is 2. The molecule has 2 N–H and O–H groups in total. The molecule has 3 aromatic rings. The van der Waals surface area contributed by atoms with Crippen LogP contribution in [0.25, 0.3) is 11.0 Å². The molecule has 180 valence electrons. The van der Waals surface area contributed by atoms with Gasteiger partial charge in [0.25, 0.3) is 0 Å². The largest absolute Gasteiger partial charge is 0.369 e. The van der Waals surface area contributed by atoms with E-state index in [1.54, 1.807) is 15.8 Å². The fourth-order valence-corrected chi connectivity index (χ4v) is 4.38. The van der Waals surface area contributed by atoms with E-state index in [2.05, 4.69) is 32.6 Å². The average molecular weight is 482 g/mol. The SMILES string of the molecule is CCCNc1nc(SC)nc2c1cnn2CCNC(=O)C1CC(=O)N(c2ccc(C)c(C)c2)C1. The molecule has 4 rings (SSSR count). The minimum atomic E-state index is -0.362. The van der Waals surface area contributed by atoms with E-state index in [9.17, 15) is 9.59 Å². The van der Waals surface area contributed by atoms with Crippen molar-refractivity contribution in [1.29, 1.82) is 0 Å². The van der Waals surface area contributed by atoms with E-state index >= 15 is 0 Å². The number of benzene rings is 1. The summed E-state index contributed by atoms with van der Waals surface area (Å²) in [7, 11) is 0. The van der Waals surface area contributed by atoms with Crippen molar-refractivity contribution in [3.63, 3.8) is 0 Å². The molecule has 1 aliphatic rings. The van der Waals surface area contributed by atoms with E-state index < -0.39 is 0 Å². The summed E-state index contributed by atoms with van der Waals surface area (Å²) in [6.45, 7) is 8.27. The summed E-state index contributed by atoms with van der Waals surface area (Å²) in [4.78, 5) is 36.3. The number of aryl methyl sites for hydroxylation is 2. The third-order valence-electron chi connectivity index (χ3n) is 6.12. The van der Waals surface area contributed by atoms with Crippen molar-refractivity contribution in [1.82, 2.24) is 25.1 Å². The third kappa shape index (κ3) is 5.01. The molecule has 1 aliphatic heterocycles. The Kier molecular flexibility index (Phi) is 7.35. The maximum Gasteiger partial charge on any atom is 0.227 e. The van der Waals surface area contributed by atoms with Gasteiger partial charge >= 0.3 is 0 Å². The van der Waals surface area contributed by atoms with Gasteiger partial charge in [0.2, 0.25) is 11.8 Å². The predicted molar refractivity (Wildman–Crippen MR) is 135 cm³/mol. The van der Waals surface area contributed by atoms with Crippen LogP contribution < -0.4 is 15.5 Å². The van der Waals surface area contributed by atoms with Crippen molar-refractivity contribution in [3.05, 3.63) is 35.5 Å². The van der Waals surface area contributed by atoms with Crippen LogP contribution in [0.2, 0.25) is 0 Å². The molecule has 1 fully saturated rings. The molecular weight excluding hydrogens is 450 g/mol. The standard InChI is InChI=1S/C24H31N7O2S/c1-5-8-25-21-19-13-27-31(22(19)29-24(28-21)34-4)10-9-26-23(33)17-12-20(32)30(14-17)18-7-6-15(2)16(3)11-18/h6-7,11,13,17H,5,8-10,12,14H2,1-4H3,(H,26,33)(H,25,28,29). The minimum absolute atomic E-state index is 0.0186. The Labute approximate surface area is 203 Å². The molecule has 0 radical (unpaired) electrons. The molecule has 9 nitrogen and oxygen atoms in total. The Morgan fingerprint density at radius 3 is 2.76 bits per heavy atom. The Bertz CT molecular complexity index is 1210. The molecule has 10 heteroatoms. The van der Waals surface area contributed by atoms with Crippen molar-refractivity contribution < 1.29 is 9.59 Å². The summed E-state index contributed by atoms with van der Waals surface area (Å²) < 4.78 is 1.79. The van der Waals surface area contributed by atoms with Crippen molar-refractivity contribution in [3.8, 4) is 0 Å². The van der Waals surface area contributed by atoms with Crippen molar-refractivity contribution >= 4 is 46.1 Å². The summed E-state index contributed by atoms with van der Waals surface area (Å²) >= 11 is 1.48. The van der Waals surface area contributed by atoms with Crippen molar-refractivity contribution in [2.45, 2.75) is 45.3 Å². The molecule has 0 bridgehead atoms. The summed E-state index contributed by atoms with van der Waals surface area (Å²) in [5, 5.41) is 12.3. The number of hydrogen-bond donors (Lipinski definition) is 2. The maximum atomic E-state index is 12.8. The molecule has 1 atom stereocenters. The van der Waals surface area contributed by atoms with Gasteiger partial charge in [0.1, 0.15) is 5.82 Å². The second kappa shape index (κ2) is 10.4. The predicted octanol–water partition coefficient (Wildman–Crippen LogP) is 3.16. The highest BCUT2D eigenvalue weighted by molar-refractivity contribution is 7.98. The molecule has 0 aliphatic carbocycles. The van der Waals surface area contributed by atoms with E-state index in [0.717, 1.165) is 41.1 Å². The van der Waals surface area contributed by atoms with Crippen LogP contribution in [0.1, 0.15) is 30.9 Å². The second-order valence-electron chi connectivity index (χ2n) is 8.56. The first kappa shape index (κ1) is 24.0. The highest BCUT2D eigenvalue weighted by atomic mass is 32.2. The van der Waals surface area contributed by atoms with E-state index in [4.69, 9.17) is 0 Å². The van der Waals surface area contributed by atoms with Gasteiger partial charge in [-0.2, -0.15) is 5.10 Å². The van der Waals surface area contributed by atoms with Crippen LogP contribution in [0.4, 0.5) is 11.5 Å². The molecule has 0 saturated carbocycles. The Hall–Kier alpha value is -3.14. The van der Waals surface area contributed by atoms with Gasteiger partial charge in [0.05, 0.1) is 24.0 Å². The fourth-order valence-electron chi connectivity index (χ4n) is 4.02. The number of thioether (sulfide) groups is 1. The van der Waals surface area contributed by atoms with Gasteiger partial charge in [-0.1, -0.05) is 24.8 Å². The highest BCUT2D eigenvalue weighted by Gasteiger charge is 2.35. The summed E-state index contributed by atoms with van der Waals surface area (Å²) in [5.41, 5.74) is 3.90. The average Bonchev–Trinajstić information content (AvgIpc) is 3.42. The zero-order valence-electron chi connectivity index (χ0n) is 20.1. The summed E-state index contributed by atoms with van der Waals surface area (Å²) in [6, 6.07) is 5.96. The number of anilines is 2. The van der Waals surface area contributed by atoms with Crippen LogP contribution in [-0.2, 0) is 16.1 Å². The Morgan fingerprint density at radius 1 is 1.21 bits per heavy atom. The quantitative estimate of drug-likeness (QED) is 0.357. The monoisotopic (exact) mass is 481 g/mol. The highest BCUT2D eigenvalue weighted by Crippen LogP contribution is 2.27. The van der Waals surface area contributed by atoms with Gasteiger partial charge in [-0.15, -0.1) is 0 Å². The maximum absolute atomic E-state index is 12.8. The fraction of sp³-hybridized carbons (Fsp3) is 0.458. The molecule has 2 aromatic heterocycles. The van der Waals surface area contributed by atoms with Gasteiger partial charge in [-0.3, -0.25) is 9.59 Å². The molecular formula is C24H31N7O2S. The Morgan fingerprint density at radius 2 is 2.03 bits per heavy atom. The lowest BCUT2D eigenvalue weighted by Gasteiger charge is -2.18. The van der Waals surface area contributed by atoms with Gasteiger partial charge < -0.3 is 15.5 Å². The number of rotatable bonds is 9. The van der Waals surface area contributed by atoms with Gasteiger partial charge in [0, 0.05) is 31.7 Å². The molecule has 1 unspecified atom stereocenters. The van der Waals surface area contributed by atoms with Gasteiger partial charge in [-0.25, -0.2) is 14.6 Å². The number of carbonyl (C=O) groups excluding carboxylic acids is 2. The van der Waals surface area contributed by atoms with Crippen LogP contribution in [0.15, 0.2) is 29.6 Å². The van der Waals surface area contributed by atoms with E-state index in [0.29, 0.717) is 24.8 Å². The lowest BCUT2D eigenvalue weighted by atomic mass is 10.1. The van der Waals surface area contributed by atoms with Crippen LogP contribution >= 0.6 is 11.8 Å². The lowest BCUT2D eigenvalue weighted by Crippen LogP contribution is -2.35. The van der Waals surface area contributed by atoms with Crippen LogP contribution in [0.5, 0.6) is 0 Å². The number of nitrogens with one attached hydrogen (secondary N) is 2. The normalized spacial score (nSPS) is 15.8. The molecule has 0 spiro atoms. The zero-order chi connectivity index (χ0) is 24.2. The Balaban J connectivity index is 1.38. The minimum Gasteiger partial charge on any atom is -0.369 e. The molecule has 34 heavy (non-hydrogen) atoms. The van der Waals surface area contributed by atoms with Gasteiger partial charge in [-0.05, 0) is 49.8 Å². The first-order valence-electron chi connectivity index (χ1n) is 11.6. The molecule has 1 saturated heterocycles. The van der Waals surface area contributed by atoms with Crippen LogP contribution in [0, 0.1) is 19.8 Å². The van der Waals surface area contributed by atoms with Gasteiger partial charge in [0.15, 0.2) is 10.8 Å². The smallest absolute Gasteiger partial charge is 0.227 e. The topological polar surface area (TPSA) is 105 Å². The van der Waals surface area contributed by atoms with Crippen LogP contribution in [0.3, 0.4) is 0 Å². The van der Waals surface area contributed by atoms with E-state index in [1.165, 1.54) is 17.3 Å². The first-order valence-corrected chi connectivity index (χ1v) is 12.8. The number of hydrogen-bond acceptors (Lipinski definition) is 7. The zero-order valence-corrected chi connectivity index (χ0v) is 20.9. The number of aromatic nitrogens is 4. The summed E-state index contributed by atoms with van der Waals surface area (Å²) in [6.07, 6.45) is 4.91. The first-order chi connectivity index (χ1) is 16.4. The lowest BCUT2D eigenvalue weighted by molar-refractivity contribution is -0.126. The van der Waals surface area contributed by atoms with Crippen molar-refractivity contribution in [2.24, 2.45) is 5.92 Å². The molecule has 3 heterocycles. The summed E-state index contributed by atoms with van der Waals surface area (Å²) in [5.74, 6) is 0.289.